The molecule has 0 saturated heterocycles. The molecule has 3 aromatic heterocycles. The number of nitrogens with zero attached hydrogens (tertiary/aromatic N) is 4. The molecule has 1 aromatic carbocycles. The SMILES string of the molecule is Cc1c(-c2ccccn2)nc2cc(F)ccc2c1-c1c(C#N)cnc2c1NCC2(C)C. The van der Waals surface area contributed by atoms with Gasteiger partial charge in [0.05, 0.1) is 33.8 Å². The zero-order valence-corrected chi connectivity index (χ0v) is 17.5. The maximum absolute atomic E-state index is 14.1. The maximum Gasteiger partial charge on any atom is 0.125 e. The first-order valence-electron chi connectivity index (χ1n) is 10.1. The van der Waals surface area contributed by atoms with Gasteiger partial charge in [-0.05, 0) is 42.3 Å². The van der Waals surface area contributed by atoms with Crippen LogP contribution in [0.1, 0.15) is 30.7 Å². The molecule has 31 heavy (non-hydrogen) atoms. The Morgan fingerprint density at radius 1 is 1.13 bits per heavy atom. The third-order valence-electron chi connectivity index (χ3n) is 5.90. The maximum atomic E-state index is 14.1. The van der Waals surface area contributed by atoms with Gasteiger partial charge < -0.3 is 5.32 Å². The van der Waals surface area contributed by atoms with Crippen LogP contribution >= 0.6 is 0 Å². The summed E-state index contributed by atoms with van der Waals surface area (Å²) in [5.74, 6) is -0.360. The number of benzene rings is 1. The Kier molecular flexibility index (Phi) is 4.23. The normalized spacial score (nSPS) is 14.2. The third kappa shape index (κ3) is 2.93. The molecule has 0 unspecified atom stereocenters. The third-order valence-corrected chi connectivity index (χ3v) is 5.90. The van der Waals surface area contributed by atoms with E-state index in [1.165, 1.54) is 12.1 Å². The van der Waals surface area contributed by atoms with E-state index >= 15 is 0 Å². The number of pyridine rings is 3. The first-order chi connectivity index (χ1) is 14.9. The van der Waals surface area contributed by atoms with E-state index in [1.54, 1.807) is 18.5 Å². The van der Waals surface area contributed by atoms with Crippen LogP contribution in [0.15, 0.2) is 48.8 Å². The zero-order valence-electron chi connectivity index (χ0n) is 17.5. The number of rotatable bonds is 2. The van der Waals surface area contributed by atoms with Gasteiger partial charge in [0.1, 0.15) is 11.9 Å². The van der Waals surface area contributed by atoms with Crippen molar-refractivity contribution in [2.24, 2.45) is 0 Å². The van der Waals surface area contributed by atoms with Gasteiger partial charge in [-0.1, -0.05) is 19.9 Å². The Morgan fingerprint density at radius 3 is 2.71 bits per heavy atom. The van der Waals surface area contributed by atoms with E-state index in [2.05, 4.69) is 35.2 Å². The molecule has 6 heteroatoms. The highest BCUT2D eigenvalue weighted by Gasteiger charge is 2.35. The van der Waals surface area contributed by atoms with Gasteiger partial charge in [0.15, 0.2) is 0 Å². The fraction of sp³-hybridized carbons (Fsp3) is 0.200. The zero-order chi connectivity index (χ0) is 21.8. The number of anilines is 1. The van der Waals surface area contributed by atoms with E-state index in [0.29, 0.717) is 22.5 Å². The standard InChI is InChI=1S/C25H20FN5/c1-14-20(21-15(11-27)12-29-24-23(21)30-13-25(24,2)3)17-8-7-16(26)10-19(17)31-22(14)18-6-4-5-9-28-18/h4-10,12,30H,13H2,1-3H3. The molecular formula is C25H20FN5. The quantitative estimate of drug-likeness (QED) is 0.481. The van der Waals surface area contributed by atoms with Crippen LogP contribution in [0.25, 0.3) is 33.4 Å². The molecular weight excluding hydrogens is 389 g/mol. The summed E-state index contributed by atoms with van der Waals surface area (Å²) in [7, 11) is 0. The average molecular weight is 409 g/mol. The molecule has 0 saturated carbocycles. The minimum atomic E-state index is -0.360. The van der Waals surface area contributed by atoms with E-state index in [1.807, 2.05) is 25.1 Å². The Balaban J connectivity index is 1.94. The van der Waals surface area contributed by atoms with Crippen molar-refractivity contribution in [1.29, 1.82) is 5.26 Å². The van der Waals surface area contributed by atoms with Gasteiger partial charge in [-0.2, -0.15) is 5.26 Å². The van der Waals surface area contributed by atoms with Crippen molar-refractivity contribution in [2.75, 3.05) is 11.9 Å². The lowest BCUT2D eigenvalue weighted by Crippen LogP contribution is -2.19. The molecule has 4 heterocycles. The number of nitrogens with one attached hydrogen (secondary N) is 1. The van der Waals surface area contributed by atoms with Gasteiger partial charge in [-0.3, -0.25) is 9.97 Å². The number of hydrogen-bond acceptors (Lipinski definition) is 5. The highest BCUT2D eigenvalue weighted by molar-refractivity contribution is 6.04. The van der Waals surface area contributed by atoms with Crippen LogP contribution in [-0.2, 0) is 5.41 Å². The topological polar surface area (TPSA) is 74.5 Å². The van der Waals surface area contributed by atoms with Gasteiger partial charge in [0.2, 0.25) is 0 Å². The Morgan fingerprint density at radius 2 is 1.97 bits per heavy atom. The number of fused-ring (bicyclic) bond motifs is 2. The summed E-state index contributed by atoms with van der Waals surface area (Å²) in [5, 5.41) is 14.2. The van der Waals surface area contributed by atoms with Crippen molar-refractivity contribution in [2.45, 2.75) is 26.2 Å². The Bertz CT molecular complexity index is 1390. The molecule has 1 N–H and O–H groups in total. The summed E-state index contributed by atoms with van der Waals surface area (Å²) in [5.41, 5.74) is 6.49. The summed E-state index contributed by atoms with van der Waals surface area (Å²) in [6.07, 6.45) is 3.35. The molecule has 0 atom stereocenters. The minimum absolute atomic E-state index is 0.162. The Labute approximate surface area is 179 Å². The second-order valence-electron chi connectivity index (χ2n) is 8.46. The van der Waals surface area contributed by atoms with Crippen molar-refractivity contribution in [3.8, 4) is 28.6 Å². The summed E-state index contributed by atoms with van der Waals surface area (Å²) >= 11 is 0. The van der Waals surface area contributed by atoms with Crippen molar-refractivity contribution in [3.05, 3.63) is 71.4 Å². The lowest BCUT2D eigenvalue weighted by Gasteiger charge is -2.19. The van der Waals surface area contributed by atoms with Crippen LogP contribution in [0.4, 0.5) is 10.1 Å². The second-order valence-corrected chi connectivity index (χ2v) is 8.46. The van der Waals surface area contributed by atoms with Gasteiger partial charge in [-0.25, -0.2) is 9.37 Å². The molecule has 0 aliphatic carbocycles. The van der Waals surface area contributed by atoms with Gasteiger partial charge >= 0.3 is 0 Å². The summed E-state index contributed by atoms with van der Waals surface area (Å²) in [6, 6.07) is 12.5. The number of halogens is 1. The predicted molar refractivity (Wildman–Crippen MR) is 119 cm³/mol. The fourth-order valence-electron chi connectivity index (χ4n) is 4.34. The molecule has 5 rings (SSSR count). The van der Waals surface area contributed by atoms with Crippen LogP contribution in [0, 0.1) is 24.1 Å². The molecule has 0 amide bonds. The van der Waals surface area contributed by atoms with Crippen LogP contribution in [-0.4, -0.2) is 21.5 Å². The number of aromatic nitrogens is 3. The molecule has 5 nitrogen and oxygen atoms in total. The lowest BCUT2D eigenvalue weighted by atomic mass is 9.86. The lowest BCUT2D eigenvalue weighted by molar-refractivity contribution is 0.569. The molecule has 1 aliphatic heterocycles. The second kappa shape index (κ2) is 6.85. The number of hydrogen-bond donors (Lipinski definition) is 1. The van der Waals surface area contributed by atoms with Crippen molar-refractivity contribution in [3.63, 3.8) is 0 Å². The van der Waals surface area contributed by atoms with E-state index in [9.17, 15) is 9.65 Å². The van der Waals surface area contributed by atoms with E-state index < -0.39 is 0 Å². The predicted octanol–water partition coefficient (Wildman–Crippen LogP) is 5.38. The first-order valence-corrected chi connectivity index (χ1v) is 10.1. The smallest absolute Gasteiger partial charge is 0.125 e. The molecule has 1 aliphatic rings. The van der Waals surface area contributed by atoms with Crippen LogP contribution in [0.3, 0.4) is 0 Å². The van der Waals surface area contributed by atoms with Crippen LogP contribution < -0.4 is 5.32 Å². The summed E-state index contributed by atoms with van der Waals surface area (Å²) in [4.78, 5) is 13.8. The van der Waals surface area contributed by atoms with E-state index in [-0.39, 0.29) is 11.2 Å². The van der Waals surface area contributed by atoms with Crippen molar-refractivity contribution >= 4 is 16.6 Å². The van der Waals surface area contributed by atoms with Crippen molar-refractivity contribution < 1.29 is 4.39 Å². The van der Waals surface area contributed by atoms with Gasteiger partial charge in [0, 0.05) is 41.4 Å². The molecule has 0 bridgehead atoms. The highest BCUT2D eigenvalue weighted by atomic mass is 19.1. The summed E-state index contributed by atoms with van der Waals surface area (Å²) < 4.78 is 14.1. The highest BCUT2D eigenvalue weighted by Crippen LogP contribution is 2.46. The van der Waals surface area contributed by atoms with Crippen molar-refractivity contribution in [1.82, 2.24) is 15.0 Å². The molecule has 0 fully saturated rings. The molecule has 0 spiro atoms. The molecule has 0 radical (unpaired) electrons. The average Bonchev–Trinajstić information content (AvgIpc) is 3.08. The van der Waals surface area contributed by atoms with Crippen LogP contribution in [0.5, 0.6) is 0 Å². The van der Waals surface area contributed by atoms with E-state index in [0.717, 1.165) is 40.0 Å². The first kappa shape index (κ1) is 19.1. The Hall–Kier alpha value is -3.85. The monoisotopic (exact) mass is 409 g/mol. The van der Waals surface area contributed by atoms with E-state index in [4.69, 9.17) is 4.98 Å². The largest absolute Gasteiger partial charge is 0.382 e. The fourth-order valence-corrected chi connectivity index (χ4v) is 4.34. The van der Waals surface area contributed by atoms with Gasteiger partial charge in [0.25, 0.3) is 0 Å². The van der Waals surface area contributed by atoms with Crippen LogP contribution in [0.2, 0.25) is 0 Å². The minimum Gasteiger partial charge on any atom is -0.382 e. The van der Waals surface area contributed by atoms with Gasteiger partial charge in [-0.15, -0.1) is 0 Å². The number of nitriles is 1. The molecule has 4 aromatic rings. The molecule has 152 valence electrons. The summed E-state index contributed by atoms with van der Waals surface area (Å²) in [6.45, 7) is 6.95.